The minimum Gasteiger partial charge on any atom is -0.466 e. The van der Waals surface area contributed by atoms with Crippen LogP contribution in [0.2, 0.25) is 0 Å². The van der Waals surface area contributed by atoms with Crippen LogP contribution in [0.15, 0.2) is 24.8 Å². The van der Waals surface area contributed by atoms with E-state index in [0.717, 1.165) is 31.9 Å². The summed E-state index contributed by atoms with van der Waals surface area (Å²) in [4.78, 5) is 27.7. The molecule has 0 unspecified atom stereocenters. The molecular formula is C15H15F3N6O2. The lowest BCUT2D eigenvalue weighted by Crippen LogP contribution is -2.21. The average molecular weight is 368 g/mol. The predicted octanol–water partition coefficient (Wildman–Crippen LogP) is 2.28. The van der Waals surface area contributed by atoms with Gasteiger partial charge in [-0.2, -0.15) is 18.2 Å². The first-order valence-corrected chi connectivity index (χ1v) is 7.78. The van der Waals surface area contributed by atoms with Crippen LogP contribution in [0.3, 0.4) is 0 Å². The number of halogens is 3. The van der Waals surface area contributed by atoms with Gasteiger partial charge < -0.3 is 15.4 Å². The van der Waals surface area contributed by atoms with Crippen LogP contribution < -0.4 is 15.4 Å². The number of ether oxygens (including phenoxy) is 1. The molecule has 0 spiro atoms. The molecule has 0 aromatic carbocycles. The first-order chi connectivity index (χ1) is 12.4. The lowest BCUT2D eigenvalue weighted by Gasteiger charge is -2.12. The summed E-state index contributed by atoms with van der Waals surface area (Å²) in [6, 6.07) is 1.39. The summed E-state index contributed by atoms with van der Waals surface area (Å²) in [6.45, 7) is -0.803. The summed E-state index contributed by atoms with van der Waals surface area (Å²) in [6.07, 6.45) is 1.36. The zero-order valence-corrected chi connectivity index (χ0v) is 13.5. The highest BCUT2D eigenvalue weighted by Crippen LogP contribution is 2.28. The summed E-state index contributed by atoms with van der Waals surface area (Å²) in [5, 5.41) is 5.43. The molecule has 1 amide bonds. The first-order valence-electron chi connectivity index (χ1n) is 7.78. The largest absolute Gasteiger partial charge is 0.466 e. The highest BCUT2D eigenvalue weighted by atomic mass is 19.4. The number of carbonyl (C=O) groups excluding carboxylic acids is 1. The number of rotatable bonds is 7. The molecule has 0 atom stereocenters. The molecule has 0 radical (unpaired) electrons. The Hall–Kier alpha value is -2.98. The van der Waals surface area contributed by atoms with E-state index in [1.54, 1.807) is 0 Å². The summed E-state index contributed by atoms with van der Waals surface area (Å²) in [5.41, 5.74) is -0.0447. The molecule has 2 aromatic heterocycles. The minimum atomic E-state index is -4.53. The Morgan fingerprint density at radius 2 is 2.12 bits per heavy atom. The van der Waals surface area contributed by atoms with E-state index in [1.165, 1.54) is 12.3 Å². The summed E-state index contributed by atoms with van der Waals surface area (Å²) in [7, 11) is 0. The highest BCUT2D eigenvalue weighted by Gasteiger charge is 2.29. The van der Waals surface area contributed by atoms with Gasteiger partial charge in [0.1, 0.15) is 17.7 Å². The molecule has 8 nitrogen and oxygen atoms in total. The van der Waals surface area contributed by atoms with E-state index in [-0.39, 0.29) is 17.3 Å². The molecule has 2 heterocycles. The molecule has 0 aliphatic heterocycles. The normalized spacial score (nSPS) is 14.0. The Kier molecular flexibility index (Phi) is 5.14. The Morgan fingerprint density at radius 3 is 2.85 bits per heavy atom. The Labute approximate surface area is 146 Å². The van der Waals surface area contributed by atoms with E-state index in [1.807, 2.05) is 0 Å². The van der Waals surface area contributed by atoms with E-state index in [0.29, 0.717) is 11.9 Å². The fourth-order valence-electron chi connectivity index (χ4n) is 1.98. The zero-order valence-electron chi connectivity index (χ0n) is 13.5. The Bertz CT molecular complexity index is 782. The van der Waals surface area contributed by atoms with Crippen LogP contribution in [0.25, 0.3) is 0 Å². The summed E-state index contributed by atoms with van der Waals surface area (Å²) < 4.78 is 41.5. The first kappa shape index (κ1) is 17.8. The van der Waals surface area contributed by atoms with Gasteiger partial charge in [-0.15, -0.1) is 0 Å². The van der Waals surface area contributed by atoms with Gasteiger partial charge in [0.2, 0.25) is 11.8 Å². The minimum absolute atomic E-state index is 0.0453. The molecule has 138 valence electrons. The van der Waals surface area contributed by atoms with Crippen molar-refractivity contribution in [3.63, 3.8) is 0 Å². The van der Waals surface area contributed by atoms with Crippen molar-refractivity contribution in [2.45, 2.75) is 19.0 Å². The van der Waals surface area contributed by atoms with Crippen LogP contribution in [0.5, 0.6) is 5.88 Å². The second-order valence-electron chi connectivity index (χ2n) is 5.69. The standard InChI is InChI=1S/C15H15F3N6O2/c16-15(17,18)7-26-13-11(6-19-8-22-13)23-12(25)10-3-4-20-14(24-10)21-5-9-1-2-9/h3-4,6,8-9H,1-2,5,7H2,(H,23,25)(H,20,21,24). The number of nitrogens with zero attached hydrogens (tertiary/aromatic N) is 4. The third-order valence-electron chi connectivity index (χ3n) is 3.43. The monoisotopic (exact) mass is 368 g/mol. The number of aromatic nitrogens is 4. The van der Waals surface area contributed by atoms with Crippen molar-refractivity contribution < 1.29 is 22.7 Å². The smallest absolute Gasteiger partial charge is 0.422 e. The fourth-order valence-corrected chi connectivity index (χ4v) is 1.98. The maximum absolute atomic E-state index is 12.3. The average Bonchev–Trinajstić information content (AvgIpc) is 3.43. The topological polar surface area (TPSA) is 102 Å². The summed E-state index contributed by atoms with van der Waals surface area (Å²) in [5.74, 6) is -0.117. The quantitative estimate of drug-likeness (QED) is 0.773. The van der Waals surface area contributed by atoms with E-state index in [4.69, 9.17) is 0 Å². The van der Waals surface area contributed by atoms with Gasteiger partial charge in [-0.1, -0.05) is 0 Å². The van der Waals surface area contributed by atoms with Crippen LogP contribution in [-0.4, -0.2) is 45.2 Å². The number of hydrogen-bond donors (Lipinski definition) is 2. The molecule has 1 aliphatic rings. The molecular weight excluding hydrogens is 353 g/mol. The maximum atomic E-state index is 12.3. The van der Waals surface area contributed by atoms with Crippen molar-refractivity contribution in [1.29, 1.82) is 0 Å². The number of nitrogens with one attached hydrogen (secondary N) is 2. The van der Waals surface area contributed by atoms with Gasteiger partial charge in [0, 0.05) is 12.7 Å². The fraction of sp³-hybridized carbons (Fsp3) is 0.400. The molecule has 2 aromatic rings. The molecule has 2 N–H and O–H groups in total. The van der Waals surface area contributed by atoms with Crippen molar-refractivity contribution in [2.75, 3.05) is 23.8 Å². The van der Waals surface area contributed by atoms with E-state index in [9.17, 15) is 18.0 Å². The Balaban J connectivity index is 1.66. The number of alkyl halides is 3. The maximum Gasteiger partial charge on any atom is 0.422 e. The molecule has 26 heavy (non-hydrogen) atoms. The van der Waals surface area contributed by atoms with Gasteiger partial charge in [-0.05, 0) is 24.8 Å². The molecule has 1 aliphatic carbocycles. The summed E-state index contributed by atoms with van der Waals surface area (Å²) >= 11 is 0. The van der Waals surface area contributed by atoms with Crippen LogP contribution >= 0.6 is 0 Å². The predicted molar refractivity (Wildman–Crippen MR) is 84.8 cm³/mol. The molecule has 3 rings (SSSR count). The van der Waals surface area contributed by atoms with Gasteiger partial charge in [0.25, 0.3) is 5.91 Å². The second-order valence-corrected chi connectivity index (χ2v) is 5.69. The SMILES string of the molecule is O=C(Nc1cncnc1OCC(F)(F)F)c1ccnc(NCC2CC2)n1. The van der Waals surface area contributed by atoms with Crippen LogP contribution in [-0.2, 0) is 0 Å². The lowest BCUT2D eigenvalue weighted by molar-refractivity contribution is -0.153. The third kappa shape index (κ3) is 5.26. The van der Waals surface area contributed by atoms with Crippen LogP contribution in [0, 0.1) is 5.92 Å². The van der Waals surface area contributed by atoms with E-state index < -0.39 is 18.7 Å². The van der Waals surface area contributed by atoms with Crippen molar-refractivity contribution >= 4 is 17.5 Å². The number of amides is 1. The third-order valence-corrected chi connectivity index (χ3v) is 3.43. The molecule has 11 heteroatoms. The second kappa shape index (κ2) is 7.50. The highest BCUT2D eigenvalue weighted by molar-refractivity contribution is 6.03. The Morgan fingerprint density at radius 1 is 1.31 bits per heavy atom. The molecule has 1 saturated carbocycles. The molecule has 0 bridgehead atoms. The van der Waals surface area contributed by atoms with Crippen molar-refractivity contribution in [1.82, 2.24) is 19.9 Å². The van der Waals surface area contributed by atoms with Crippen LogP contribution in [0.1, 0.15) is 23.3 Å². The van der Waals surface area contributed by atoms with Gasteiger partial charge in [-0.3, -0.25) is 4.79 Å². The van der Waals surface area contributed by atoms with E-state index in [2.05, 4.69) is 35.3 Å². The van der Waals surface area contributed by atoms with Gasteiger partial charge in [-0.25, -0.2) is 15.0 Å². The van der Waals surface area contributed by atoms with Gasteiger partial charge in [0.15, 0.2) is 6.61 Å². The van der Waals surface area contributed by atoms with Gasteiger partial charge in [0.05, 0.1) is 6.20 Å². The molecule has 1 fully saturated rings. The number of hydrogen-bond acceptors (Lipinski definition) is 7. The van der Waals surface area contributed by atoms with Gasteiger partial charge >= 0.3 is 6.18 Å². The number of carbonyl (C=O) groups is 1. The lowest BCUT2D eigenvalue weighted by atomic mass is 10.3. The van der Waals surface area contributed by atoms with Crippen LogP contribution in [0.4, 0.5) is 24.8 Å². The number of anilines is 2. The van der Waals surface area contributed by atoms with Crippen molar-refractivity contribution in [2.24, 2.45) is 5.92 Å². The zero-order chi connectivity index (χ0) is 18.6. The van der Waals surface area contributed by atoms with E-state index >= 15 is 0 Å². The van der Waals surface area contributed by atoms with Crippen molar-refractivity contribution in [3.05, 3.63) is 30.5 Å². The van der Waals surface area contributed by atoms with Crippen molar-refractivity contribution in [3.8, 4) is 5.88 Å². The molecule has 0 saturated heterocycles.